The first-order valence-corrected chi connectivity index (χ1v) is 10.7. The molecule has 0 radical (unpaired) electrons. The quantitative estimate of drug-likeness (QED) is 0.482. The summed E-state index contributed by atoms with van der Waals surface area (Å²) in [5.41, 5.74) is 5.57. The van der Waals surface area contributed by atoms with Crippen LogP contribution in [0.5, 0.6) is 0 Å². The summed E-state index contributed by atoms with van der Waals surface area (Å²) in [7, 11) is 0. The van der Waals surface area contributed by atoms with Gasteiger partial charge in [0, 0.05) is 59.8 Å². The second-order valence-electron chi connectivity index (χ2n) is 8.25. The molecule has 1 N–H and O–H groups in total. The van der Waals surface area contributed by atoms with Crippen molar-refractivity contribution in [2.75, 3.05) is 13.1 Å². The molecule has 1 aliphatic rings. The van der Waals surface area contributed by atoms with E-state index in [2.05, 4.69) is 40.2 Å². The molecular weight excluding hydrogens is 412 g/mol. The van der Waals surface area contributed by atoms with Gasteiger partial charge in [0.05, 0.1) is 0 Å². The highest BCUT2D eigenvalue weighted by molar-refractivity contribution is 5.98. The van der Waals surface area contributed by atoms with E-state index in [1.54, 1.807) is 17.3 Å². The summed E-state index contributed by atoms with van der Waals surface area (Å²) in [5.74, 6) is -0.215. The van der Waals surface area contributed by atoms with Crippen LogP contribution in [0.15, 0.2) is 55.0 Å². The minimum absolute atomic E-state index is 0.0487. The number of amides is 1. The fourth-order valence-corrected chi connectivity index (χ4v) is 4.58. The molecule has 1 saturated heterocycles. The highest BCUT2D eigenvalue weighted by atomic mass is 19.3. The van der Waals surface area contributed by atoms with Gasteiger partial charge in [0.15, 0.2) is 5.69 Å². The van der Waals surface area contributed by atoms with Crippen LogP contribution in [0, 0.1) is 6.92 Å². The molecule has 0 spiro atoms. The molecule has 4 heterocycles. The van der Waals surface area contributed by atoms with E-state index >= 15 is 0 Å². The predicted molar refractivity (Wildman–Crippen MR) is 118 cm³/mol. The molecule has 8 heteroatoms. The smallest absolute Gasteiger partial charge is 0.333 e. The van der Waals surface area contributed by atoms with Crippen LogP contribution in [0.3, 0.4) is 0 Å². The fourth-order valence-electron chi connectivity index (χ4n) is 4.58. The van der Waals surface area contributed by atoms with Crippen LogP contribution in [0.2, 0.25) is 0 Å². The van der Waals surface area contributed by atoms with Crippen molar-refractivity contribution in [3.63, 3.8) is 0 Å². The van der Waals surface area contributed by atoms with Crippen LogP contribution in [0.1, 0.15) is 47.1 Å². The summed E-state index contributed by atoms with van der Waals surface area (Å²) in [5, 5.41) is 4.90. The van der Waals surface area contributed by atoms with Crippen molar-refractivity contribution in [1.82, 2.24) is 24.6 Å². The Labute approximate surface area is 183 Å². The average molecular weight is 435 g/mol. The third kappa shape index (κ3) is 3.66. The number of hydrogen-bond acceptors (Lipinski definition) is 3. The number of hydrogen-bond donors (Lipinski definition) is 1. The number of fused-ring (bicyclic) bond motifs is 1. The van der Waals surface area contributed by atoms with E-state index in [1.165, 1.54) is 11.6 Å². The summed E-state index contributed by atoms with van der Waals surface area (Å²) < 4.78 is 26.3. The van der Waals surface area contributed by atoms with E-state index in [0.717, 1.165) is 46.8 Å². The van der Waals surface area contributed by atoms with Gasteiger partial charge in [-0.05, 0) is 55.7 Å². The number of nitrogens with one attached hydrogen (secondary N) is 1. The number of aromatic nitrogens is 4. The predicted octanol–water partition coefficient (Wildman–Crippen LogP) is 5.15. The minimum atomic E-state index is -2.76. The maximum atomic E-state index is 13.0. The average Bonchev–Trinajstić information content (AvgIpc) is 3.44. The monoisotopic (exact) mass is 435 g/mol. The second-order valence-corrected chi connectivity index (χ2v) is 8.25. The Hall–Kier alpha value is -3.55. The summed E-state index contributed by atoms with van der Waals surface area (Å²) >= 11 is 0. The zero-order valence-electron chi connectivity index (χ0n) is 17.6. The largest absolute Gasteiger partial charge is 0.358 e. The van der Waals surface area contributed by atoms with Crippen molar-refractivity contribution in [2.24, 2.45) is 0 Å². The van der Waals surface area contributed by atoms with Crippen molar-refractivity contribution in [1.29, 1.82) is 0 Å². The number of alkyl halides is 2. The highest BCUT2D eigenvalue weighted by Gasteiger charge is 2.30. The maximum Gasteiger partial charge on any atom is 0.333 e. The number of carbonyl (C=O) groups is 1. The number of halogens is 2. The van der Waals surface area contributed by atoms with Gasteiger partial charge >= 0.3 is 6.55 Å². The van der Waals surface area contributed by atoms with Crippen LogP contribution in [-0.2, 0) is 0 Å². The van der Waals surface area contributed by atoms with Crippen molar-refractivity contribution in [3.05, 3.63) is 71.9 Å². The number of H-pyrrole nitrogens is 1. The van der Waals surface area contributed by atoms with Gasteiger partial charge in [-0.1, -0.05) is 11.6 Å². The Morgan fingerprint density at radius 1 is 1.19 bits per heavy atom. The molecule has 0 bridgehead atoms. The van der Waals surface area contributed by atoms with E-state index in [1.807, 2.05) is 12.1 Å². The number of carbonyl (C=O) groups excluding carboxylic acids is 1. The highest BCUT2D eigenvalue weighted by Crippen LogP contribution is 2.39. The van der Waals surface area contributed by atoms with Gasteiger partial charge in [-0.3, -0.25) is 9.78 Å². The van der Waals surface area contributed by atoms with E-state index < -0.39 is 6.55 Å². The van der Waals surface area contributed by atoms with Gasteiger partial charge < -0.3 is 9.88 Å². The molecular formula is C24H23F2N5O. The molecule has 1 aliphatic heterocycles. The van der Waals surface area contributed by atoms with Crippen molar-refractivity contribution in [2.45, 2.75) is 32.2 Å². The van der Waals surface area contributed by atoms with Crippen LogP contribution < -0.4 is 0 Å². The van der Waals surface area contributed by atoms with Crippen LogP contribution in [-0.4, -0.2) is 43.6 Å². The van der Waals surface area contributed by atoms with Crippen molar-refractivity contribution < 1.29 is 13.6 Å². The summed E-state index contributed by atoms with van der Waals surface area (Å²) in [4.78, 5) is 22.4. The lowest BCUT2D eigenvalue weighted by Gasteiger charge is -2.32. The molecule has 1 unspecified atom stereocenters. The standard InChI is InChI=1S/C24H23F2N5O/c1-15-4-5-19-18(13-15)21(16-6-9-27-10-7-16)22(28-19)17-3-2-11-30(14-17)23(32)20-8-12-31(29-20)24(25)26/h4-10,12-13,17,24,28H,2-3,11,14H2,1H3. The van der Waals surface area contributed by atoms with Crippen molar-refractivity contribution >= 4 is 16.8 Å². The van der Waals surface area contributed by atoms with Crippen LogP contribution in [0.4, 0.5) is 8.78 Å². The number of nitrogens with zero attached hydrogens (tertiary/aromatic N) is 4. The first kappa shape index (κ1) is 20.4. The second kappa shape index (κ2) is 8.18. The Morgan fingerprint density at radius 3 is 2.75 bits per heavy atom. The normalized spacial score (nSPS) is 16.8. The molecule has 1 aromatic carbocycles. The zero-order valence-corrected chi connectivity index (χ0v) is 17.6. The number of rotatable bonds is 4. The maximum absolute atomic E-state index is 13.0. The van der Waals surface area contributed by atoms with E-state index in [9.17, 15) is 13.6 Å². The van der Waals surface area contributed by atoms with Gasteiger partial charge in [0.2, 0.25) is 0 Å². The first-order valence-electron chi connectivity index (χ1n) is 10.7. The van der Waals surface area contributed by atoms with Gasteiger partial charge in [0.1, 0.15) is 0 Å². The van der Waals surface area contributed by atoms with Gasteiger partial charge in [-0.15, -0.1) is 0 Å². The number of benzene rings is 1. The molecule has 1 amide bonds. The fraction of sp³-hybridized carbons (Fsp3) is 0.292. The molecule has 0 aliphatic carbocycles. The summed E-state index contributed by atoms with van der Waals surface area (Å²) in [6.45, 7) is 0.399. The molecule has 1 atom stereocenters. The van der Waals surface area contributed by atoms with E-state index in [4.69, 9.17) is 0 Å². The molecule has 32 heavy (non-hydrogen) atoms. The van der Waals surface area contributed by atoms with Crippen LogP contribution >= 0.6 is 0 Å². The Morgan fingerprint density at radius 2 is 2.00 bits per heavy atom. The summed E-state index contributed by atoms with van der Waals surface area (Å²) in [6.07, 6.45) is 6.46. The molecule has 4 aromatic rings. The Bertz CT molecular complexity index is 1260. The molecule has 5 rings (SSSR count). The Balaban J connectivity index is 1.50. The SMILES string of the molecule is Cc1ccc2[nH]c(C3CCCN(C(=O)c4ccn(C(F)F)n4)C3)c(-c3ccncc3)c2c1. The molecule has 1 fully saturated rings. The molecule has 164 valence electrons. The van der Waals surface area contributed by atoms with Gasteiger partial charge in [-0.2, -0.15) is 13.9 Å². The molecule has 6 nitrogen and oxygen atoms in total. The first-order chi connectivity index (χ1) is 15.5. The number of piperidine rings is 1. The third-order valence-corrected chi connectivity index (χ3v) is 6.10. The molecule has 0 saturated carbocycles. The lowest BCUT2D eigenvalue weighted by molar-refractivity contribution is 0.0546. The topological polar surface area (TPSA) is 66.8 Å². The number of aryl methyl sites for hydroxylation is 1. The van der Waals surface area contributed by atoms with Crippen molar-refractivity contribution in [3.8, 4) is 11.1 Å². The Kier molecular flexibility index (Phi) is 5.20. The number of pyridine rings is 1. The number of likely N-dealkylation sites (tertiary alicyclic amines) is 1. The van der Waals surface area contributed by atoms with E-state index in [0.29, 0.717) is 17.8 Å². The van der Waals surface area contributed by atoms with Crippen LogP contribution in [0.25, 0.3) is 22.0 Å². The lowest BCUT2D eigenvalue weighted by Crippen LogP contribution is -2.39. The molecule has 3 aromatic heterocycles. The third-order valence-electron chi connectivity index (χ3n) is 6.10. The van der Waals surface area contributed by atoms with Gasteiger partial charge in [-0.25, -0.2) is 4.68 Å². The van der Waals surface area contributed by atoms with E-state index in [-0.39, 0.29) is 17.5 Å². The minimum Gasteiger partial charge on any atom is -0.358 e. The lowest BCUT2D eigenvalue weighted by atomic mass is 9.89. The zero-order chi connectivity index (χ0) is 22.2. The van der Waals surface area contributed by atoms with Gasteiger partial charge in [0.25, 0.3) is 5.91 Å². The number of aromatic amines is 1. The summed E-state index contributed by atoms with van der Waals surface area (Å²) in [6, 6.07) is 11.7.